The lowest BCUT2D eigenvalue weighted by Crippen LogP contribution is -2.45. The monoisotopic (exact) mass is 371 g/mol. The second-order valence-corrected chi connectivity index (χ2v) is 6.97. The van der Waals surface area contributed by atoms with Gasteiger partial charge in [-0.3, -0.25) is 4.79 Å². The summed E-state index contributed by atoms with van der Waals surface area (Å²) in [5.74, 6) is 4.84. The van der Waals surface area contributed by atoms with Gasteiger partial charge in [-0.25, -0.2) is 4.39 Å². The molecule has 0 spiro atoms. The van der Waals surface area contributed by atoms with E-state index in [1.807, 2.05) is 6.07 Å². The molecule has 2 N–H and O–H groups in total. The second-order valence-electron chi connectivity index (χ2n) is 6.54. The van der Waals surface area contributed by atoms with E-state index in [1.54, 1.807) is 24.3 Å². The molecule has 0 heterocycles. The lowest BCUT2D eigenvalue weighted by atomic mass is 9.82. The Morgan fingerprint density at radius 2 is 2.08 bits per heavy atom. The molecule has 0 aromatic heterocycles. The first-order chi connectivity index (χ1) is 12.5. The van der Waals surface area contributed by atoms with Crippen molar-refractivity contribution in [2.75, 3.05) is 0 Å². The zero-order valence-corrected chi connectivity index (χ0v) is 14.9. The highest BCUT2D eigenvalue weighted by atomic mass is 35.5. The fourth-order valence-corrected chi connectivity index (χ4v) is 3.34. The van der Waals surface area contributed by atoms with Crippen molar-refractivity contribution in [2.24, 2.45) is 0 Å². The van der Waals surface area contributed by atoms with E-state index < -0.39 is 17.3 Å². The Morgan fingerprint density at radius 1 is 1.27 bits per heavy atom. The number of carbonyl (C=O) groups excluding carboxylic acids is 1. The van der Waals surface area contributed by atoms with Crippen LogP contribution >= 0.6 is 11.6 Å². The normalized spacial score (nSPS) is 22.2. The predicted octanol–water partition coefficient (Wildman–Crippen LogP) is 3.93. The largest absolute Gasteiger partial charge is 0.378 e. The fraction of sp³-hybridized carbons (Fsp3) is 0.286. The zero-order valence-electron chi connectivity index (χ0n) is 14.1. The molecule has 0 radical (unpaired) electrons. The van der Waals surface area contributed by atoms with Crippen molar-refractivity contribution in [1.29, 1.82) is 0 Å². The summed E-state index contributed by atoms with van der Waals surface area (Å²) >= 11 is 5.94. The van der Waals surface area contributed by atoms with E-state index in [0.717, 1.165) is 18.4 Å². The van der Waals surface area contributed by atoms with E-state index in [9.17, 15) is 14.3 Å². The second kappa shape index (κ2) is 7.90. The number of rotatable bonds is 2. The van der Waals surface area contributed by atoms with Crippen molar-refractivity contribution in [1.82, 2.24) is 5.32 Å². The van der Waals surface area contributed by atoms with Crippen molar-refractivity contribution >= 4 is 17.5 Å². The van der Waals surface area contributed by atoms with Crippen LogP contribution in [-0.4, -0.2) is 22.7 Å². The molecule has 1 unspecified atom stereocenters. The van der Waals surface area contributed by atoms with Crippen LogP contribution in [0.2, 0.25) is 5.02 Å². The highest BCUT2D eigenvalue weighted by molar-refractivity contribution is 6.30. The van der Waals surface area contributed by atoms with Crippen molar-refractivity contribution in [2.45, 2.75) is 37.3 Å². The molecular formula is C21H19ClFNO2. The molecule has 2 aromatic carbocycles. The van der Waals surface area contributed by atoms with Crippen molar-refractivity contribution < 1.29 is 14.3 Å². The van der Waals surface area contributed by atoms with Crippen LogP contribution in [0.25, 0.3) is 0 Å². The van der Waals surface area contributed by atoms with Gasteiger partial charge in [-0.05, 0) is 49.6 Å². The first kappa shape index (κ1) is 18.4. The number of halogens is 2. The molecule has 1 saturated carbocycles. The smallest absolute Gasteiger partial charge is 0.254 e. The van der Waals surface area contributed by atoms with Gasteiger partial charge in [0.1, 0.15) is 11.4 Å². The van der Waals surface area contributed by atoms with Gasteiger partial charge in [0.15, 0.2) is 0 Å². The molecule has 1 fully saturated rings. The number of benzene rings is 2. The van der Waals surface area contributed by atoms with E-state index in [-0.39, 0.29) is 11.6 Å². The van der Waals surface area contributed by atoms with Crippen LogP contribution in [0.1, 0.15) is 41.6 Å². The van der Waals surface area contributed by atoms with Crippen LogP contribution in [0, 0.1) is 17.7 Å². The number of carbonyl (C=O) groups is 1. The van der Waals surface area contributed by atoms with Gasteiger partial charge in [0.05, 0.1) is 5.56 Å². The lowest BCUT2D eigenvalue weighted by molar-refractivity contribution is 0.0452. The molecule has 1 amide bonds. The Morgan fingerprint density at radius 3 is 2.85 bits per heavy atom. The quantitative estimate of drug-likeness (QED) is 0.786. The van der Waals surface area contributed by atoms with Gasteiger partial charge >= 0.3 is 0 Å². The van der Waals surface area contributed by atoms with Gasteiger partial charge in [-0.2, -0.15) is 0 Å². The minimum absolute atomic E-state index is 0.00613. The van der Waals surface area contributed by atoms with Gasteiger partial charge in [0.2, 0.25) is 0 Å². The Bertz CT molecular complexity index is 874. The maximum atomic E-state index is 13.7. The van der Waals surface area contributed by atoms with Gasteiger partial charge in [0.25, 0.3) is 5.91 Å². The third-order valence-corrected chi connectivity index (χ3v) is 4.68. The highest BCUT2D eigenvalue weighted by Gasteiger charge is 2.33. The summed E-state index contributed by atoms with van der Waals surface area (Å²) in [7, 11) is 0. The predicted molar refractivity (Wildman–Crippen MR) is 99.4 cm³/mol. The van der Waals surface area contributed by atoms with Crippen molar-refractivity contribution in [3.05, 3.63) is 70.5 Å². The maximum Gasteiger partial charge on any atom is 0.254 e. The van der Waals surface area contributed by atoms with E-state index in [4.69, 9.17) is 11.6 Å². The van der Waals surface area contributed by atoms with Gasteiger partial charge in [0, 0.05) is 23.0 Å². The first-order valence-electron chi connectivity index (χ1n) is 8.52. The number of hydrogen-bond donors (Lipinski definition) is 2. The molecule has 3 nitrogen and oxygen atoms in total. The molecule has 3 rings (SSSR count). The molecular weight excluding hydrogens is 353 g/mol. The van der Waals surface area contributed by atoms with Crippen molar-refractivity contribution in [3.63, 3.8) is 0 Å². The van der Waals surface area contributed by atoms with Crippen LogP contribution in [0.5, 0.6) is 0 Å². The SMILES string of the molecule is O=C(N[C@H]1CCCC(O)(C#Cc2cccc(Cl)c2)C1)c1ccccc1F. The molecule has 5 heteroatoms. The average molecular weight is 372 g/mol. The summed E-state index contributed by atoms with van der Waals surface area (Å²) in [5, 5.41) is 14.2. The lowest BCUT2D eigenvalue weighted by Gasteiger charge is -2.33. The Hall–Kier alpha value is -2.35. The van der Waals surface area contributed by atoms with E-state index in [2.05, 4.69) is 17.2 Å². The number of hydrogen-bond acceptors (Lipinski definition) is 2. The van der Waals surface area contributed by atoms with Crippen LogP contribution in [-0.2, 0) is 0 Å². The molecule has 0 bridgehead atoms. The van der Waals surface area contributed by atoms with Gasteiger partial charge < -0.3 is 10.4 Å². The summed E-state index contributed by atoms with van der Waals surface area (Å²) in [4.78, 5) is 12.3. The fourth-order valence-electron chi connectivity index (χ4n) is 3.15. The van der Waals surface area contributed by atoms with Crippen LogP contribution in [0.4, 0.5) is 4.39 Å². The molecule has 0 saturated heterocycles. The maximum absolute atomic E-state index is 13.7. The van der Waals surface area contributed by atoms with E-state index >= 15 is 0 Å². The topological polar surface area (TPSA) is 49.3 Å². The van der Waals surface area contributed by atoms with Crippen LogP contribution < -0.4 is 5.32 Å². The molecule has 0 aliphatic heterocycles. The Labute approximate surface area is 157 Å². The molecule has 1 aliphatic rings. The summed E-state index contributed by atoms with van der Waals surface area (Å²) in [5.41, 5.74) is -0.455. The minimum Gasteiger partial charge on any atom is -0.378 e. The molecule has 2 aromatic rings. The van der Waals surface area contributed by atoms with Crippen LogP contribution in [0.3, 0.4) is 0 Å². The average Bonchev–Trinajstić information content (AvgIpc) is 2.61. The Balaban J connectivity index is 1.69. The van der Waals surface area contributed by atoms with Crippen LogP contribution in [0.15, 0.2) is 48.5 Å². The summed E-state index contributed by atoms with van der Waals surface area (Å²) < 4.78 is 13.7. The summed E-state index contributed by atoms with van der Waals surface area (Å²) in [6.45, 7) is 0. The first-order valence-corrected chi connectivity index (χ1v) is 8.89. The number of amides is 1. The number of aliphatic hydroxyl groups is 1. The highest BCUT2D eigenvalue weighted by Crippen LogP contribution is 2.28. The number of nitrogens with one attached hydrogen (secondary N) is 1. The summed E-state index contributed by atoms with van der Waals surface area (Å²) in [6.07, 6.45) is 2.29. The molecule has 2 atom stereocenters. The van der Waals surface area contributed by atoms with Gasteiger partial charge in [-0.1, -0.05) is 41.6 Å². The summed E-state index contributed by atoms with van der Waals surface area (Å²) in [6, 6.07) is 12.7. The van der Waals surface area contributed by atoms with E-state index in [0.29, 0.717) is 17.9 Å². The van der Waals surface area contributed by atoms with Crippen molar-refractivity contribution in [3.8, 4) is 11.8 Å². The minimum atomic E-state index is -1.19. The molecule has 134 valence electrons. The zero-order chi connectivity index (χ0) is 18.6. The molecule has 26 heavy (non-hydrogen) atoms. The standard InChI is InChI=1S/C21H19ClFNO2/c22-16-6-3-5-15(13-16)10-12-21(26)11-4-7-17(14-21)24-20(25)18-8-1-2-9-19(18)23/h1-3,5-6,8-9,13,17,26H,4,7,11,14H2,(H,24,25)/t17-,21?/m0/s1. The molecule has 1 aliphatic carbocycles. The third kappa shape index (κ3) is 4.63. The Kier molecular flexibility index (Phi) is 5.61. The van der Waals surface area contributed by atoms with Gasteiger partial charge in [-0.15, -0.1) is 0 Å². The third-order valence-electron chi connectivity index (χ3n) is 4.44. The van der Waals surface area contributed by atoms with E-state index in [1.165, 1.54) is 18.2 Å².